The molecule has 2 aromatic carbocycles. The summed E-state index contributed by atoms with van der Waals surface area (Å²) in [5.74, 6) is 2.93. The number of oxazole rings is 1. The van der Waals surface area contributed by atoms with Crippen LogP contribution in [0.1, 0.15) is 56.8 Å². The van der Waals surface area contributed by atoms with Gasteiger partial charge in [-0.2, -0.15) is 10.1 Å². The fraction of sp³-hybridized carbons (Fsp3) is 0.308. The second-order valence-electron chi connectivity index (χ2n) is 8.74. The molecule has 5 rings (SSSR count). The number of allylic oxidation sites excluding steroid dienone is 1. The van der Waals surface area contributed by atoms with Gasteiger partial charge in [0.05, 0.1) is 5.71 Å². The Morgan fingerprint density at radius 3 is 2.65 bits per heavy atom. The van der Waals surface area contributed by atoms with Gasteiger partial charge < -0.3 is 13.7 Å². The van der Waals surface area contributed by atoms with Crippen LogP contribution >= 0.6 is 0 Å². The van der Waals surface area contributed by atoms with Crippen molar-refractivity contribution in [1.82, 2.24) is 20.6 Å². The van der Waals surface area contributed by atoms with Crippen LogP contribution in [-0.4, -0.2) is 20.8 Å². The number of rotatable bonds is 7. The fourth-order valence-electron chi connectivity index (χ4n) is 3.92. The highest BCUT2D eigenvalue weighted by molar-refractivity contribution is 6.04. The van der Waals surface area contributed by atoms with Gasteiger partial charge in [0.2, 0.25) is 5.89 Å². The summed E-state index contributed by atoms with van der Waals surface area (Å²) in [5.41, 5.74) is 8.43. The Hall–Kier alpha value is -3.94. The lowest BCUT2D eigenvalue weighted by Crippen LogP contribution is -2.26. The molecule has 8 heteroatoms. The number of fused-ring (bicyclic) bond motifs is 1. The molecule has 174 valence electrons. The van der Waals surface area contributed by atoms with E-state index in [9.17, 15) is 0 Å². The van der Waals surface area contributed by atoms with E-state index in [0.717, 1.165) is 46.5 Å². The van der Waals surface area contributed by atoms with Gasteiger partial charge in [-0.3, -0.25) is 5.43 Å². The highest BCUT2D eigenvalue weighted by Crippen LogP contribution is 2.29. The molecule has 0 radical (unpaired) electrons. The van der Waals surface area contributed by atoms with E-state index in [-0.39, 0.29) is 12.5 Å². The number of nitrogens with zero attached hydrogens (tertiary/aromatic N) is 4. The number of hydrazone groups is 1. The van der Waals surface area contributed by atoms with Gasteiger partial charge in [-0.15, -0.1) is 0 Å². The van der Waals surface area contributed by atoms with Gasteiger partial charge in [0.25, 0.3) is 5.89 Å². The van der Waals surface area contributed by atoms with Crippen molar-refractivity contribution in [1.29, 1.82) is 0 Å². The fourth-order valence-corrected chi connectivity index (χ4v) is 3.92. The van der Waals surface area contributed by atoms with Crippen LogP contribution in [0.3, 0.4) is 0 Å². The highest BCUT2D eigenvalue weighted by atomic mass is 16.5. The summed E-state index contributed by atoms with van der Waals surface area (Å²) in [6, 6.07) is 13.6. The van der Waals surface area contributed by atoms with E-state index < -0.39 is 0 Å². The summed E-state index contributed by atoms with van der Waals surface area (Å²) in [5, 5.41) is 8.49. The molecule has 0 spiro atoms. The minimum atomic E-state index is 0.213. The van der Waals surface area contributed by atoms with Crippen molar-refractivity contribution < 1.29 is 13.7 Å². The molecule has 1 unspecified atom stereocenters. The quantitative estimate of drug-likeness (QED) is 0.373. The van der Waals surface area contributed by atoms with Crippen LogP contribution in [0.15, 0.2) is 68.8 Å². The topological polar surface area (TPSA) is 98.6 Å². The van der Waals surface area contributed by atoms with Gasteiger partial charge in [0.15, 0.2) is 18.0 Å². The van der Waals surface area contributed by atoms with Gasteiger partial charge in [-0.1, -0.05) is 38.6 Å². The third-order valence-electron chi connectivity index (χ3n) is 5.85. The summed E-state index contributed by atoms with van der Waals surface area (Å²) < 4.78 is 17.1. The van der Waals surface area contributed by atoms with E-state index in [1.165, 1.54) is 0 Å². The first-order valence-corrected chi connectivity index (χ1v) is 11.5. The predicted octanol–water partition coefficient (Wildman–Crippen LogP) is 5.82. The Kier molecular flexibility index (Phi) is 5.88. The molecule has 0 fully saturated rings. The Bertz CT molecular complexity index is 1350. The predicted molar refractivity (Wildman–Crippen MR) is 129 cm³/mol. The summed E-state index contributed by atoms with van der Waals surface area (Å²) in [4.78, 5) is 8.98. The number of ether oxygens (including phenoxy) is 1. The van der Waals surface area contributed by atoms with E-state index in [2.05, 4.69) is 39.2 Å². The molecule has 34 heavy (non-hydrogen) atoms. The Morgan fingerprint density at radius 2 is 1.91 bits per heavy atom. The van der Waals surface area contributed by atoms with Crippen molar-refractivity contribution in [2.45, 2.75) is 46.1 Å². The van der Waals surface area contributed by atoms with Gasteiger partial charge >= 0.3 is 0 Å². The first-order chi connectivity index (χ1) is 16.5. The number of benzene rings is 2. The van der Waals surface area contributed by atoms with Crippen LogP contribution < -0.4 is 10.2 Å². The molecule has 1 aliphatic heterocycles. The van der Waals surface area contributed by atoms with Crippen molar-refractivity contribution >= 4 is 16.8 Å². The maximum absolute atomic E-state index is 6.09. The van der Waals surface area contributed by atoms with E-state index in [0.29, 0.717) is 29.3 Å². The monoisotopic (exact) mass is 457 g/mol. The van der Waals surface area contributed by atoms with Crippen molar-refractivity contribution in [2.24, 2.45) is 11.0 Å². The zero-order chi connectivity index (χ0) is 23.7. The van der Waals surface area contributed by atoms with E-state index in [1.54, 1.807) is 0 Å². The first-order valence-electron chi connectivity index (χ1n) is 11.5. The Balaban J connectivity index is 1.31. The maximum atomic E-state index is 6.09. The lowest BCUT2D eigenvalue weighted by atomic mass is 9.89. The molecule has 0 amide bonds. The smallest absolute Gasteiger partial charge is 0.264 e. The van der Waals surface area contributed by atoms with Gasteiger partial charge in [0, 0.05) is 28.7 Å². The van der Waals surface area contributed by atoms with Crippen LogP contribution in [0.2, 0.25) is 0 Å². The van der Waals surface area contributed by atoms with Crippen LogP contribution in [0, 0.1) is 5.92 Å². The minimum absolute atomic E-state index is 0.213. The molecule has 0 bridgehead atoms. The lowest BCUT2D eigenvalue weighted by Gasteiger charge is -2.24. The molecule has 1 atom stereocenters. The number of aromatic nitrogens is 3. The third kappa shape index (κ3) is 4.44. The summed E-state index contributed by atoms with van der Waals surface area (Å²) in [6.45, 7) is 10.4. The molecule has 4 aromatic rings. The maximum Gasteiger partial charge on any atom is 0.264 e. The second-order valence-corrected chi connectivity index (χ2v) is 8.74. The Morgan fingerprint density at radius 1 is 1.12 bits per heavy atom. The SMILES string of the molecule is C=C1CC(CC)C(c2ccc3nc(-c4ccc(OCc5nc(C(C)C)no5)cc4)oc3c2)=NN1. The van der Waals surface area contributed by atoms with E-state index in [1.807, 2.05) is 56.3 Å². The second kappa shape index (κ2) is 9.13. The first kappa shape index (κ1) is 21.9. The molecular formula is C26H27N5O3. The molecule has 0 saturated carbocycles. The van der Waals surface area contributed by atoms with Crippen molar-refractivity contribution in [3.63, 3.8) is 0 Å². The van der Waals surface area contributed by atoms with Crippen molar-refractivity contribution in [2.75, 3.05) is 0 Å². The van der Waals surface area contributed by atoms with E-state index in [4.69, 9.17) is 13.7 Å². The molecule has 0 saturated heterocycles. The number of hydrogen-bond acceptors (Lipinski definition) is 8. The number of hydrogen-bond donors (Lipinski definition) is 1. The van der Waals surface area contributed by atoms with Gasteiger partial charge in [0.1, 0.15) is 11.3 Å². The summed E-state index contributed by atoms with van der Waals surface area (Å²) in [7, 11) is 0. The van der Waals surface area contributed by atoms with Crippen LogP contribution in [0.5, 0.6) is 5.75 Å². The third-order valence-corrected chi connectivity index (χ3v) is 5.85. The highest BCUT2D eigenvalue weighted by Gasteiger charge is 2.22. The van der Waals surface area contributed by atoms with Crippen LogP contribution in [0.4, 0.5) is 0 Å². The summed E-state index contributed by atoms with van der Waals surface area (Å²) in [6.07, 6.45) is 1.88. The molecule has 2 aromatic heterocycles. The van der Waals surface area contributed by atoms with Crippen LogP contribution in [-0.2, 0) is 6.61 Å². The standard InChI is InChI=1S/C26H27N5O3/c1-5-17-12-16(4)29-30-24(17)19-8-11-21-22(13-19)33-26(27-21)18-6-9-20(10-7-18)32-14-23-28-25(15(2)3)31-34-23/h6-11,13,15,17,29H,4-5,12,14H2,1-3H3. The molecule has 8 nitrogen and oxygen atoms in total. The lowest BCUT2D eigenvalue weighted by molar-refractivity contribution is 0.242. The summed E-state index contributed by atoms with van der Waals surface area (Å²) >= 11 is 0. The average molecular weight is 458 g/mol. The molecule has 0 aliphatic carbocycles. The van der Waals surface area contributed by atoms with E-state index >= 15 is 0 Å². The largest absolute Gasteiger partial charge is 0.484 e. The zero-order valence-corrected chi connectivity index (χ0v) is 19.5. The van der Waals surface area contributed by atoms with Crippen molar-refractivity contribution in [3.8, 4) is 17.2 Å². The molecule has 1 aliphatic rings. The molecular weight excluding hydrogens is 430 g/mol. The Labute approximate surface area is 197 Å². The average Bonchev–Trinajstić information content (AvgIpc) is 3.50. The normalized spacial score (nSPS) is 16.1. The molecule has 3 heterocycles. The van der Waals surface area contributed by atoms with Crippen molar-refractivity contribution in [3.05, 3.63) is 72.0 Å². The zero-order valence-electron chi connectivity index (χ0n) is 19.5. The van der Waals surface area contributed by atoms with Gasteiger partial charge in [-0.05, 0) is 49.2 Å². The number of nitrogens with one attached hydrogen (secondary N) is 1. The van der Waals surface area contributed by atoms with Gasteiger partial charge in [-0.25, -0.2) is 4.98 Å². The minimum Gasteiger partial charge on any atom is -0.484 e. The van der Waals surface area contributed by atoms with Crippen LogP contribution in [0.25, 0.3) is 22.6 Å². The molecule has 1 N–H and O–H groups in total.